The lowest BCUT2D eigenvalue weighted by Crippen LogP contribution is -2.24. The van der Waals surface area contributed by atoms with Crippen LogP contribution in [-0.4, -0.2) is 27.6 Å². The molecule has 0 aliphatic carbocycles. The summed E-state index contributed by atoms with van der Waals surface area (Å²) in [6, 6.07) is 3.96. The average Bonchev–Trinajstić information content (AvgIpc) is 2.97. The third-order valence-electron chi connectivity index (χ3n) is 2.49. The number of aromatic nitrogens is 2. The number of aliphatic hydroxyl groups is 1. The van der Waals surface area contributed by atoms with E-state index in [9.17, 15) is 9.18 Å². The first kappa shape index (κ1) is 13.8. The Morgan fingerprint density at radius 3 is 3.05 bits per heavy atom. The summed E-state index contributed by atoms with van der Waals surface area (Å²) in [6.07, 6.45) is 3.19. The fourth-order valence-electron chi connectivity index (χ4n) is 1.57. The van der Waals surface area contributed by atoms with Crippen LogP contribution in [0.2, 0.25) is 0 Å². The summed E-state index contributed by atoms with van der Waals surface area (Å²) in [7, 11) is 0. The molecule has 1 aromatic heterocycles. The average molecular weight is 273 g/mol. The van der Waals surface area contributed by atoms with Crippen molar-refractivity contribution in [3.05, 3.63) is 53.4 Å². The molecule has 2 rings (SSSR count). The molecule has 1 amide bonds. The number of aromatic amines is 1. The Morgan fingerprint density at radius 2 is 2.35 bits per heavy atom. The topological polar surface area (TPSA) is 78.0 Å². The number of amides is 1. The summed E-state index contributed by atoms with van der Waals surface area (Å²) in [5, 5.41) is 11.2. The first-order valence-electron chi connectivity index (χ1n) is 5.86. The van der Waals surface area contributed by atoms with Gasteiger partial charge in [0.15, 0.2) is 0 Å². The summed E-state index contributed by atoms with van der Waals surface area (Å²) >= 11 is 0. The highest BCUT2D eigenvalue weighted by molar-refractivity contribution is 5.94. The number of nitrogens with zero attached hydrogens (tertiary/aromatic N) is 1. The normalized spacial score (nSPS) is 9.70. The highest BCUT2D eigenvalue weighted by atomic mass is 19.1. The van der Waals surface area contributed by atoms with Gasteiger partial charge in [-0.15, -0.1) is 0 Å². The molecule has 1 aromatic carbocycles. The number of H-pyrrole nitrogens is 1. The van der Waals surface area contributed by atoms with Gasteiger partial charge in [0, 0.05) is 18.0 Å². The van der Waals surface area contributed by atoms with Crippen LogP contribution in [0, 0.1) is 17.7 Å². The van der Waals surface area contributed by atoms with Crippen molar-refractivity contribution < 1.29 is 14.3 Å². The molecule has 0 unspecified atom stereocenters. The number of benzene rings is 1. The minimum atomic E-state index is -0.628. The van der Waals surface area contributed by atoms with E-state index in [0.717, 1.165) is 0 Å². The molecule has 5 nitrogen and oxygen atoms in total. The lowest BCUT2D eigenvalue weighted by molar-refractivity contribution is 0.0946. The summed E-state index contributed by atoms with van der Waals surface area (Å²) in [4.78, 5) is 18.7. The molecule has 0 aliphatic rings. The monoisotopic (exact) mass is 273 g/mol. The molecule has 0 fully saturated rings. The number of halogens is 1. The fraction of sp³-hybridized carbons (Fsp3) is 0.143. The second-order valence-corrected chi connectivity index (χ2v) is 3.87. The van der Waals surface area contributed by atoms with Gasteiger partial charge >= 0.3 is 0 Å². The van der Waals surface area contributed by atoms with Crippen LogP contribution in [0.5, 0.6) is 0 Å². The van der Waals surface area contributed by atoms with Crippen molar-refractivity contribution in [3.8, 4) is 11.8 Å². The first-order valence-corrected chi connectivity index (χ1v) is 5.86. The zero-order chi connectivity index (χ0) is 14.4. The van der Waals surface area contributed by atoms with E-state index in [2.05, 4.69) is 27.1 Å². The fourth-order valence-corrected chi connectivity index (χ4v) is 1.57. The van der Waals surface area contributed by atoms with Crippen LogP contribution in [0.3, 0.4) is 0 Å². The van der Waals surface area contributed by atoms with Gasteiger partial charge in [-0.05, 0) is 18.2 Å². The maximum Gasteiger partial charge on any atom is 0.254 e. The highest BCUT2D eigenvalue weighted by Gasteiger charge is 2.12. The van der Waals surface area contributed by atoms with E-state index in [1.807, 2.05) is 0 Å². The molecule has 102 valence electrons. The zero-order valence-electron chi connectivity index (χ0n) is 10.5. The van der Waals surface area contributed by atoms with Crippen molar-refractivity contribution in [2.75, 3.05) is 6.61 Å². The Bertz CT molecular complexity index is 657. The predicted octanol–water partition coefficient (Wildman–Crippen LogP) is 0.823. The van der Waals surface area contributed by atoms with E-state index in [-0.39, 0.29) is 18.7 Å². The Labute approximate surface area is 114 Å². The molecule has 0 saturated carbocycles. The van der Waals surface area contributed by atoms with Gasteiger partial charge in [0.05, 0.1) is 12.1 Å². The summed E-state index contributed by atoms with van der Waals surface area (Å²) in [5.41, 5.74) is 0.366. The molecular formula is C14H12FN3O2. The molecule has 3 N–H and O–H groups in total. The van der Waals surface area contributed by atoms with Crippen LogP contribution in [-0.2, 0) is 6.54 Å². The minimum Gasteiger partial charge on any atom is -0.384 e. The highest BCUT2D eigenvalue weighted by Crippen LogP contribution is 2.10. The Morgan fingerprint density at radius 1 is 1.50 bits per heavy atom. The number of imidazole rings is 1. The Hall–Kier alpha value is -2.65. The Kier molecular flexibility index (Phi) is 4.47. The van der Waals surface area contributed by atoms with Gasteiger partial charge in [0.1, 0.15) is 18.2 Å². The van der Waals surface area contributed by atoms with E-state index in [1.54, 1.807) is 12.4 Å². The van der Waals surface area contributed by atoms with Crippen LogP contribution < -0.4 is 5.32 Å². The second-order valence-electron chi connectivity index (χ2n) is 3.87. The van der Waals surface area contributed by atoms with Crippen molar-refractivity contribution in [3.63, 3.8) is 0 Å². The lowest BCUT2D eigenvalue weighted by atomic mass is 10.1. The van der Waals surface area contributed by atoms with Crippen molar-refractivity contribution in [1.29, 1.82) is 0 Å². The molecule has 20 heavy (non-hydrogen) atoms. The number of carbonyl (C=O) groups is 1. The van der Waals surface area contributed by atoms with Crippen LogP contribution in [0.15, 0.2) is 30.6 Å². The van der Waals surface area contributed by atoms with Gasteiger partial charge in [-0.2, -0.15) is 0 Å². The van der Waals surface area contributed by atoms with Crippen molar-refractivity contribution in [2.45, 2.75) is 6.54 Å². The van der Waals surface area contributed by atoms with E-state index >= 15 is 0 Å². The van der Waals surface area contributed by atoms with E-state index in [1.165, 1.54) is 18.2 Å². The third kappa shape index (κ3) is 3.43. The number of nitrogens with one attached hydrogen (secondary N) is 2. The van der Waals surface area contributed by atoms with Crippen molar-refractivity contribution in [2.24, 2.45) is 0 Å². The second kappa shape index (κ2) is 6.50. The zero-order valence-corrected chi connectivity index (χ0v) is 10.5. The van der Waals surface area contributed by atoms with Gasteiger partial charge in [-0.25, -0.2) is 9.37 Å². The molecule has 6 heteroatoms. The van der Waals surface area contributed by atoms with Crippen LogP contribution >= 0.6 is 0 Å². The maximum absolute atomic E-state index is 13.6. The number of hydrogen-bond acceptors (Lipinski definition) is 3. The molecule has 0 bridgehead atoms. The quantitative estimate of drug-likeness (QED) is 0.725. The predicted molar refractivity (Wildman–Crippen MR) is 70.1 cm³/mol. The number of aliphatic hydroxyl groups excluding tert-OH is 1. The molecule has 0 spiro atoms. The lowest BCUT2D eigenvalue weighted by Gasteiger charge is -2.05. The molecule has 1 heterocycles. The van der Waals surface area contributed by atoms with Crippen LogP contribution in [0.4, 0.5) is 4.39 Å². The minimum absolute atomic E-state index is 0.0960. The van der Waals surface area contributed by atoms with E-state index in [0.29, 0.717) is 11.4 Å². The molecule has 0 aliphatic heterocycles. The van der Waals surface area contributed by atoms with Crippen LogP contribution in [0.1, 0.15) is 21.7 Å². The maximum atomic E-state index is 13.6. The Balaban J connectivity index is 2.12. The summed E-state index contributed by atoms with van der Waals surface area (Å²) < 4.78 is 13.6. The summed E-state index contributed by atoms with van der Waals surface area (Å²) in [5.74, 6) is 4.46. The number of carbonyl (C=O) groups excluding carboxylic acids is 1. The third-order valence-corrected chi connectivity index (χ3v) is 2.49. The largest absolute Gasteiger partial charge is 0.384 e. The molecule has 0 atom stereocenters. The van der Waals surface area contributed by atoms with Gasteiger partial charge < -0.3 is 15.4 Å². The van der Waals surface area contributed by atoms with Gasteiger partial charge in [0.25, 0.3) is 5.91 Å². The van der Waals surface area contributed by atoms with Crippen LogP contribution in [0.25, 0.3) is 0 Å². The van der Waals surface area contributed by atoms with E-state index < -0.39 is 11.7 Å². The number of rotatable bonds is 3. The molecule has 0 saturated heterocycles. The molecule has 0 radical (unpaired) electrons. The standard InChI is InChI=1S/C14H12FN3O2/c15-12-4-3-10(2-1-7-19)8-11(12)14(20)18-9-13-16-5-6-17-13/h3-6,8,19H,7,9H2,(H,16,17)(H,18,20). The molecule has 2 aromatic rings. The first-order chi connectivity index (χ1) is 9.70. The van der Waals surface area contributed by atoms with E-state index in [4.69, 9.17) is 5.11 Å². The van der Waals surface area contributed by atoms with Gasteiger partial charge in [-0.1, -0.05) is 11.8 Å². The number of hydrogen-bond donors (Lipinski definition) is 3. The van der Waals surface area contributed by atoms with Crippen molar-refractivity contribution in [1.82, 2.24) is 15.3 Å². The smallest absolute Gasteiger partial charge is 0.254 e. The van der Waals surface area contributed by atoms with Crippen molar-refractivity contribution >= 4 is 5.91 Å². The van der Waals surface area contributed by atoms with Gasteiger partial charge in [0.2, 0.25) is 0 Å². The molecular weight excluding hydrogens is 261 g/mol. The summed E-state index contributed by atoms with van der Waals surface area (Å²) in [6.45, 7) is -0.116. The SMILES string of the molecule is O=C(NCc1ncc[nH]1)c1cc(C#CCO)ccc1F. The van der Waals surface area contributed by atoms with Gasteiger partial charge in [-0.3, -0.25) is 4.79 Å².